The van der Waals surface area contributed by atoms with Crippen LogP contribution in [0.25, 0.3) is 0 Å². The van der Waals surface area contributed by atoms with Crippen LogP contribution in [0.1, 0.15) is 10.4 Å². The molecule has 0 bridgehead atoms. The fourth-order valence-electron chi connectivity index (χ4n) is 0.843. The standard InChI is InChI=1S/C7H6O2.C4H12O4P/c8-7(9)6-4-2-1-3-5-6;5-1-9(2-6,3-7)4-8/h1-5H,(H,8,9);5-8H,1-4H2/q;+1/p-1. The SMILES string of the molecule is O=C([O-])c1ccccc1.OC[P+](CO)(CO)CO. The van der Waals surface area contributed by atoms with Crippen LogP contribution in [0.15, 0.2) is 30.3 Å². The number of carboxylic acids is 1. The van der Waals surface area contributed by atoms with E-state index < -0.39 is 13.2 Å². The van der Waals surface area contributed by atoms with Crippen molar-refractivity contribution in [3.8, 4) is 0 Å². The van der Waals surface area contributed by atoms with Gasteiger partial charge in [0.25, 0.3) is 0 Å². The zero-order chi connectivity index (χ0) is 14.0. The summed E-state index contributed by atoms with van der Waals surface area (Å²) in [5, 5.41) is 44.3. The average Bonchev–Trinajstić information content (AvgIpc) is 2.44. The number of hydrogen-bond acceptors (Lipinski definition) is 6. The molecule has 1 aromatic rings. The number of carboxylic acid groups (broad SMARTS) is 1. The van der Waals surface area contributed by atoms with Gasteiger partial charge in [0.1, 0.15) is 7.26 Å². The number of aromatic carboxylic acids is 1. The van der Waals surface area contributed by atoms with Crippen molar-refractivity contribution in [2.75, 3.05) is 25.4 Å². The van der Waals surface area contributed by atoms with E-state index in [4.69, 9.17) is 20.4 Å². The van der Waals surface area contributed by atoms with Crippen LogP contribution in [-0.2, 0) is 0 Å². The van der Waals surface area contributed by atoms with Gasteiger partial charge in [-0.1, -0.05) is 30.3 Å². The van der Waals surface area contributed by atoms with Gasteiger partial charge in [0.05, 0.1) is 5.97 Å². The van der Waals surface area contributed by atoms with E-state index in [-0.39, 0.29) is 31.0 Å². The molecule has 0 aliphatic heterocycles. The Morgan fingerprint density at radius 3 is 1.50 bits per heavy atom. The molecule has 4 N–H and O–H groups in total. The summed E-state index contributed by atoms with van der Waals surface area (Å²) in [5.41, 5.74) is 0.220. The molecule has 0 aliphatic rings. The second-order valence-electron chi connectivity index (χ2n) is 3.56. The van der Waals surface area contributed by atoms with Gasteiger partial charge in [-0.05, 0) is 5.56 Å². The lowest BCUT2D eigenvalue weighted by Crippen LogP contribution is -2.21. The summed E-state index contributed by atoms with van der Waals surface area (Å²) in [6, 6.07) is 8.06. The van der Waals surface area contributed by atoms with E-state index in [0.29, 0.717) is 0 Å². The molecular formula is C11H17O6P. The van der Waals surface area contributed by atoms with Crippen molar-refractivity contribution in [3.63, 3.8) is 0 Å². The van der Waals surface area contributed by atoms with Gasteiger partial charge in [-0.3, -0.25) is 0 Å². The van der Waals surface area contributed by atoms with Gasteiger partial charge in [0, 0.05) is 0 Å². The molecule has 0 saturated carbocycles. The fraction of sp³-hybridized carbons (Fsp3) is 0.364. The van der Waals surface area contributed by atoms with Crippen molar-refractivity contribution in [1.82, 2.24) is 0 Å². The molecule has 18 heavy (non-hydrogen) atoms. The number of hydrogen-bond donors (Lipinski definition) is 4. The summed E-state index contributed by atoms with van der Waals surface area (Å²) in [6.07, 6.45) is -1.18. The smallest absolute Gasteiger partial charge is 0.161 e. The summed E-state index contributed by atoms with van der Waals surface area (Å²) in [6.45, 7) is 0. The van der Waals surface area contributed by atoms with Crippen LogP contribution in [0.2, 0.25) is 0 Å². The second-order valence-corrected chi connectivity index (χ2v) is 7.38. The van der Waals surface area contributed by atoms with Gasteiger partial charge in [0.2, 0.25) is 0 Å². The lowest BCUT2D eigenvalue weighted by Gasteiger charge is -2.15. The Kier molecular flexibility index (Phi) is 8.45. The first-order valence-electron chi connectivity index (χ1n) is 5.10. The highest BCUT2D eigenvalue weighted by Crippen LogP contribution is 2.54. The molecule has 0 spiro atoms. The highest BCUT2D eigenvalue weighted by Gasteiger charge is 2.34. The molecule has 0 fully saturated rings. The lowest BCUT2D eigenvalue weighted by molar-refractivity contribution is -0.255. The van der Waals surface area contributed by atoms with E-state index >= 15 is 0 Å². The predicted molar refractivity (Wildman–Crippen MR) is 66.0 cm³/mol. The van der Waals surface area contributed by atoms with E-state index in [0.717, 1.165) is 0 Å². The van der Waals surface area contributed by atoms with E-state index in [2.05, 4.69) is 0 Å². The zero-order valence-corrected chi connectivity index (χ0v) is 10.7. The lowest BCUT2D eigenvalue weighted by atomic mass is 10.2. The first-order chi connectivity index (χ1) is 8.55. The second kappa shape index (κ2) is 8.97. The highest BCUT2D eigenvalue weighted by atomic mass is 31.2. The van der Waals surface area contributed by atoms with E-state index in [1.165, 1.54) is 12.1 Å². The number of aliphatic hydroxyl groups is 4. The van der Waals surface area contributed by atoms with Crippen molar-refractivity contribution in [1.29, 1.82) is 0 Å². The Hall–Kier alpha value is -1.04. The van der Waals surface area contributed by atoms with Gasteiger partial charge in [0.15, 0.2) is 25.4 Å². The maximum Gasteiger partial charge on any atom is 0.161 e. The topological polar surface area (TPSA) is 121 Å². The molecule has 1 rings (SSSR count). The highest BCUT2D eigenvalue weighted by molar-refractivity contribution is 7.75. The van der Waals surface area contributed by atoms with Crippen LogP contribution in [-0.4, -0.2) is 51.8 Å². The molecule has 1 aromatic carbocycles. The molecular weight excluding hydrogens is 259 g/mol. The Labute approximate surface area is 105 Å². The van der Waals surface area contributed by atoms with Crippen LogP contribution >= 0.6 is 7.26 Å². The first kappa shape index (κ1) is 17.0. The maximum atomic E-state index is 10.1. The van der Waals surface area contributed by atoms with Crippen molar-refractivity contribution in [2.45, 2.75) is 0 Å². The first-order valence-corrected chi connectivity index (χ1v) is 7.63. The molecule has 0 atom stereocenters. The quantitative estimate of drug-likeness (QED) is 0.504. The zero-order valence-electron chi connectivity index (χ0n) is 9.77. The molecule has 0 aliphatic carbocycles. The summed E-state index contributed by atoms with van der Waals surface area (Å²) < 4.78 is 0. The molecule has 102 valence electrons. The molecule has 0 unspecified atom stereocenters. The predicted octanol–water partition coefficient (Wildman–Crippen LogP) is -1.15. The minimum Gasteiger partial charge on any atom is -0.545 e. The molecule has 0 saturated heterocycles. The molecule has 7 heteroatoms. The molecule has 0 radical (unpaired) electrons. The molecule has 0 heterocycles. The minimum atomic E-state index is -2.20. The van der Waals surface area contributed by atoms with Gasteiger partial charge in [-0.15, -0.1) is 0 Å². The summed E-state index contributed by atoms with van der Waals surface area (Å²) >= 11 is 0. The van der Waals surface area contributed by atoms with Gasteiger partial charge in [-0.2, -0.15) is 0 Å². The number of carbonyl (C=O) groups excluding carboxylic acids is 1. The van der Waals surface area contributed by atoms with Gasteiger partial charge < -0.3 is 30.3 Å². The third kappa shape index (κ3) is 5.53. The van der Waals surface area contributed by atoms with Gasteiger partial charge >= 0.3 is 0 Å². The number of carbonyl (C=O) groups is 1. The number of aliphatic hydroxyl groups excluding tert-OH is 4. The average molecular weight is 276 g/mol. The van der Waals surface area contributed by atoms with Crippen molar-refractivity contribution in [3.05, 3.63) is 35.9 Å². The minimum absolute atomic E-state index is 0.220. The maximum absolute atomic E-state index is 10.1. The summed E-state index contributed by atoms with van der Waals surface area (Å²) in [5.74, 6) is -1.13. The van der Waals surface area contributed by atoms with E-state index in [9.17, 15) is 9.90 Å². The van der Waals surface area contributed by atoms with Crippen molar-refractivity contribution < 1.29 is 30.3 Å². The van der Waals surface area contributed by atoms with Crippen molar-refractivity contribution >= 4 is 13.2 Å². The van der Waals surface area contributed by atoms with Crippen molar-refractivity contribution in [2.24, 2.45) is 0 Å². The van der Waals surface area contributed by atoms with Crippen LogP contribution in [0, 0.1) is 0 Å². The number of rotatable bonds is 5. The molecule has 6 nitrogen and oxygen atoms in total. The van der Waals surface area contributed by atoms with E-state index in [1.807, 2.05) is 0 Å². The number of benzene rings is 1. The van der Waals surface area contributed by atoms with Crippen LogP contribution in [0.4, 0.5) is 0 Å². The molecule has 0 aromatic heterocycles. The molecule has 0 amide bonds. The van der Waals surface area contributed by atoms with E-state index in [1.54, 1.807) is 18.2 Å². The Bertz CT molecular complexity index is 321. The largest absolute Gasteiger partial charge is 0.545 e. The van der Waals surface area contributed by atoms with Crippen LogP contribution < -0.4 is 5.11 Å². The van der Waals surface area contributed by atoms with Gasteiger partial charge in [-0.25, -0.2) is 0 Å². The van der Waals surface area contributed by atoms with Crippen LogP contribution in [0.5, 0.6) is 0 Å². The normalized spacial score (nSPS) is 10.4. The van der Waals surface area contributed by atoms with Crippen LogP contribution in [0.3, 0.4) is 0 Å². The Balaban J connectivity index is 0.000000321. The Morgan fingerprint density at radius 1 is 0.944 bits per heavy atom. The third-order valence-electron chi connectivity index (χ3n) is 2.21. The Morgan fingerprint density at radius 2 is 1.33 bits per heavy atom. The summed E-state index contributed by atoms with van der Waals surface area (Å²) in [4.78, 5) is 10.1. The summed E-state index contributed by atoms with van der Waals surface area (Å²) in [7, 11) is -2.20. The monoisotopic (exact) mass is 276 g/mol. The fourth-order valence-corrected chi connectivity index (χ4v) is 1.38. The third-order valence-corrected chi connectivity index (χ3v) is 4.61.